The molecule has 2 aromatic rings. The fourth-order valence-corrected chi connectivity index (χ4v) is 5.05. The summed E-state index contributed by atoms with van der Waals surface area (Å²) in [7, 11) is -8.25. The number of fused-ring (bicyclic) bond motifs is 1. The first kappa shape index (κ1) is 22.1. The van der Waals surface area contributed by atoms with E-state index in [1.54, 1.807) is 0 Å². The van der Waals surface area contributed by atoms with Gasteiger partial charge >= 0.3 is 5.97 Å². The van der Waals surface area contributed by atoms with Crippen molar-refractivity contribution in [1.29, 1.82) is 0 Å². The largest absolute Gasteiger partial charge is 0.493 e. The van der Waals surface area contributed by atoms with Crippen molar-refractivity contribution in [2.45, 2.75) is 53.1 Å². The quantitative estimate of drug-likeness (QED) is 0.290. The van der Waals surface area contributed by atoms with Crippen molar-refractivity contribution >= 4 is 45.1 Å². The van der Waals surface area contributed by atoms with Gasteiger partial charge in [0.05, 0.1) is 49.1 Å². The number of carbonyl (C=O) groups is 5. The third-order valence-electron chi connectivity index (χ3n) is 5.95. The Morgan fingerprint density at radius 3 is 2.36 bits per heavy atom. The molecule has 0 saturated heterocycles. The van der Waals surface area contributed by atoms with Crippen molar-refractivity contribution in [2.24, 2.45) is 5.92 Å². The van der Waals surface area contributed by atoms with Gasteiger partial charge in [0.25, 0.3) is 11.8 Å². The van der Waals surface area contributed by atoms with Gasteiger partial charge in [-0.05, 0) is 49.0 Å². The van der Waals surface area contributed by atoms with Crippen molar-refractivity contribution in [2.75, 3.05) is 30.9 Å². The molecule has 1 heterocycles. The van der Waals surface area contributed by atoms with Gasteiger partial charge in [0.1, 0.15) is 15.9 Å². The molecule has 0 aliphatic carbocycles. The molecule has 240 valence electrons. The van der Waals surface area contributed by atoms with Crippen molar-refractivity contribution in [1.82, 2.24) is 10.2 Å². The number of aliphatic carboxylic acids is 1. The van der Waals surface area contributed by atoms with Gasteiger partial charge in [-0.15, -0.1) is 0 Å². The van der Waals surface area contributed by atoms with E-state index in [-0.39, 0.29) is 28.6 Å². The lowest BCUT2D eigenvalue weighted by Gasteiger charge is -2.27. The Balaban J connectivity index is 0.000000748. The highest BCUT2D eigenvalue weighted by Gasteiger charge is 2.43. The number of benzene rings is 2. The van der Waals surface area contributed by atoms with E-state index in [0.717, 1.165) is 25.1 Å². The Morgan fingerprint density at radius 2 is 1.80 bits per heavy atom. The molecule has 0 spiro atoms. The minimum Gasteiger partial charge on any atom is -0.493 e. The molecule has 2 aromatic carbocycles. The Labute approximate surface area is 272 Å². The molecular formula is C30H39N3O10S. The van der Waals surface area contributed by atoms with Gasteiger partial charge in [0.2, 0.25) is 11.8 Å². The maximum Gasteiger partial charge on any atom is 0.326 e. The van der Waals surface area contributed by atoms with Crippen molar-refractivity contribution in [3.05, 3.63) is 53.1 Å². The molecule has 0 unspecified atom stereocenters. The van der Waals surface area contributed by atoms with E-state index in [9.17, 15) is 32.4 Å². The van der Waals surface area contributed by atoms with Crippen LogP contribution in [0.3, 0.4) is 0 Å². The number of ether oxygens (including phenoxy) is 2. The average Bonchev–Trinajstić information content (AvgIpc) is 3.24. The van der Waals surface area contributed by atoms with Crippen LogP contribution in [-0.4, -0.2) is 79.6 Å². The van der Waals surface area contributed by atoms with Crippen LogP contribution in [0, 0.1) is 5.92 Å². The van der Waals surface area contributed by atoms with E-state index < -0.39 is 95.1 Å². The SMILES string of the molecule is CC(=O)N[C@@H](CC(C)C)C(=O)O.[2H]C([2H])([2H])Oc1ccc([C@@H](CS(=O)(=O)C([2H])([2H])[2H])N2C(=O)c3cccc(NC(C)=O)c3C2=O)cc1OC([2H])([2H])C([2H])([2H])[2H]. The molecule has 0 bridgehead atoms. The second-order valence-electron chi connectivity index (χ2n) is 9.92. The van der Waals surface area contributed by atoms with Crippen LogP contribution in [0.4, 0.5) is 5.69 Å². The number of nitrogens with zero attached hydrogens (tertiary/aromatic N) is 1. The standard InChI is InChI=1S/C22H24N2O7S.C8H15NO3/c1-5-31-19-11-14(9-10-18(19)30-3)17(12-32(4,28)29)24-21(26)15-7-6-8-16(23-13(2)25)20(15)22(24)27;1-5(2)4-7(8(11)12)9-6(3)10/h6-11,17H,5,12H2,1-4H3,(H,23,25);5,7H,4H2,1-3H3,(H,9,10)(H,11,12)/t17-;7-/m10/s1/i1D3,3D3,4D3,5D2;. The lowest BCUT2D eigenvalue weighted by molar-refractivity contribution is -0.142. The molecule has 3 N–H and O–H groups in total. The lowest BCUT2D eigenvalue weighted by Crippen LogP contribution is -2.40. The number of anilines is 1. The maximum atomic E-state index is 13.6. The highest BCUT2D eigenvalue weighted by atomic mass is 32.2. The second kappa shape index (κ2) is 15.3. The van der Waals surface area contributed by atoms with Crippen LogP contribution in [0.15, 0.2) is 36.4 Å². The highest BCUT2D eigenvalue weighted by Crippen LogP contribution is 2.38. The summed E-state index contributed by atoms with van der Waals surface area (Å²) in [5.41, 5.74) is -1.07. The van der Waals surface area contributed by atoms with Gasteiger partial charge in [-0.1, -0.05) is 26.0 Å². The molecule has 14 heteroatoms. The summed E-state index contributed by atoms with van der Waals surface area (Å²) in [6.07, 6.45) is -3.15. The summed E-state index contributed by atoms with van der Waals surface area (Å²) in [5, 5.41) is 13.4. The number of carboxylic acids is 1. The predicted octanol–water partition coefficient (Wildman–Crippen LogP) is 3.06. The van der Waals surface area contributed by atoms with E-state index in [0.29, 0.717) is 11.3 Å². The first-order chi connectivity index (χ1) is 24.8. The maximum absolute atomic E-state index is 13.6. The van der Waals surface area contributed by atoms with Gasteiger partial charge < -0.3 is 25.2 Å². The van der Waals surface area contributed by atoms with Crippen LogP contribution in [0.1, 0.15) is 88.4 Å². The Bertz CT molecular complexity index is 1910. The van der Waals surface area contributed by atoms with Gasteiger partial charge in [-0.3, -0.25) is 24.1 Å². The number of carboxylic acid groups (broad SMARTS) is 1. The number of methoxy groups -OCH3 is 1. The van der Waals surface area contributed by atoms with Crippen LogP contribution in [-0.2, 0) is 24.2 Å². The monoisotopic (exact) mass is 644 g/mol. The zero-order valence-electron chi connectivity index (χ0n) is 35.1. The number of hydrogen-bond acceptors (Lipinski definition) is 9. The molecule has 0 aromatic heterocycles. The zero-order chi connectivity index (χ0) is 42.6. The van der Waals surface area contributed by atoms with E-state index >= 15 is 0 Å². The Kier molecular flexibility index (Phi) is 7.70. The summed E-state index contributed by atoms with van der Waals surface area (Å²) in [6, 6.07) is 3.68. The Morgan fingerprint density at radius 1 is 1.07 bits per heavy atom. The van der Waals surface area contributed by atoms with Crippen LogP contribution in [0.5, 0.6) is 11.5 Å². The fourth-order valence-electron chi connectivity index (χ4n) is 4.30. The van der Waals surface area contributed by atoms with Crippen molar-refractivity contribution in [3.8, 4) is 11.5 Å². The average molecular weight is 645 g/mol. The molecule has 44 heavy (non-hydrogen) atoms. The van der Waals surface area contributed by atoms with Crippen LogP contribution >= 0.6 is 0 Å². The lowest BCUT2D eigenvalue weighted by atomic mass is 10.0. The number of nitrogens with one attached hydrogen (secondary N) is 2. The van der Waals surface area contributed by atoms with Gasteiger partial charge in [-0.2, -0.15) is 0 Å². The molecule has 4 amide bonds. The summed E-state index contributed by atoms with van der Waals surface area (Å²) in [5.74, 6) is -6.82. The number of sulfone groups is 1. The van der Waals surface area contributed by atoms with Gasteiger partial charge in [0, 0.05) is 28.3 Å². The first-order valence-electron chi connectivity index (χ1n) is 18.3. The summed E-state index contributed by atoms with van der Waals surface area (Å²) >= 11 is 0. The van der Waals surface area contributed by atoms with E-state index in [4.69, 9.17) is 29.7 Å². The van der Waals surface area contributed by atoms with E-state index in [2.05, 4.69) is 10.6 Å². The van der Waals surface area contributed by atoms with Crippen molar-refractivity contribution < 1.29 is 62.0 Å². The number of rotatable bonds is 12. The summed E-state index contributed by atoms with van der Waals surface area (Å²) in [4.78, 5) is 60.3. The summed E-state index contributed by atoms with van der Waals surface area (Å²) < 4.78 is 118. The molecule has 0 radical (unpaired) electrons. The number of carbonyl (C=O) groups excluding carboxylic acids is 4. The topological polar surface area (TPSA) is 185 Å². The van der Waals surface area contributed by atoms with E-state index in [1.807, 2.05) is 13.8 Å². The third kappa shape index (κ3) is 9.53. The fraction of sp³-hybridized carbons (Fsp3) is 0.433. The third-order valence-corrected chi connectivity index (χ3v) is 6.71. The number of imide groups is 1. The second-order valence-corrected chi connectivity index (χ2v) is 11.5. The predicted molar refractivity (Wildman–Crippen MR) is 163 cm³/mol. The number of hydrogen-bond donors (Lipinski definition) is 3. The number of amides is 4. The molecule has 13 nitrogen and oxygen atoms in total. The molecule has 1 aliphatic rings. The van der Waals surface area contributed by atoms with Crippen LogP contribution in [0.2, 0.25) is 0 Å². The molecule has 0 fully saturated rings. The zero-order valence-corrected chi connectivity index (χ0v) is 24.9. The minimum atomic E-state index is -5.10. The molecule has 3 rings (SSSR count). The summed E-state index contributed by atoms with van der Waals surface area (Å²) in [6.45, 7) is -0.605. The van der Waals surface area contributed by atoms with Gasteiger partial charge in [0.15, 0.2) is 11.5 Å². The van der Waals surface area contributed by atoms with Crippen LogP contribution < -0.4 is 20.1 Å². The smallest absolute Gasteiger partial charge is 0.326 e. The normalized spacial score (nSPS) is 18.7. The molecule has 2 atom stereocenters. The minimum absolute atomic E-state index is 0.0976. The van der Waals surface area contributed by atoms with E-state index in [1.165, 1.54) is 25.1 Å². The Hall–Kier alpha value is -4.46. The van der Waals surface area contributed by atoms with Crippen LogP contribution in [0.25, 0.3) is 0 Å². The molecule has 0 saturated carbocycles. The van der Waals surface area contributed by atoms with Crippen molar-refractivity contribution in [3.63, 3.8) is 0 Å². The highest BCUT2D eigenvalue weighted by molar-refractivity contribution is 7.90. The molecule has 1 aliphatic heterocycles. The first-order valence-corrected chi connectivity index (χ1v) is 14.5. The molecular weight excluding hydrogens is 594 g/mol. The van der Waals surface area contributed by atoms with Gasteiger partial charge in [-0.25, -0.2) is 13.2 Å².